The van der Waals surface area contributed by atoms with Crippen LogP contribution in [0.4, 0.5) is 4.79 Å². The molecule has 0 saturated heterocycles. The summed E-state index contributed by atoms with van der Waals surface area (Å²) in [6.07, 6.45) is 0.548. The van der Waals surface area contributed by atoms with Gasteiger partial charge in [-0.1, -0.05) is 59.9 Å². The smallest absolute Gasteiger partial charge is 0.407 e. The molecule has 1 aliphatic rings. The van der Waals surface area contributed by atoms with Gasteiger partial charge < -0.3 is 19.9 Å². The van der Waals surface area contributed by atoms with E-state index in [4.69, 9.17) is 9.47 Å². The van der Waals surface area contributed by atoms with Crippen LogP contribution in [0, 0.1) is 0 Å². The van der Waals surface area contributed by atoms with E-state index in [1.54, 1.807) is 0 Å². The van der Waals surface area contributed by atoms with Crippen molar-refractivity contribution in [1.82, 2.24) is 10.3 Å². The Morgan fingerprint density at radius 1 is 1.13 bits per heavy atom. The van der Waals surface area contributed by atoms with Crippen molar-refractivity contribution in [2.45, 2.75) is 18.4 Å². The number of nitrogens with one attached hydrogen (secondary N) is 1. The summed E-state index contributed by atoms with van der Waals surface area (Å²) in [6, 6.07) is 15.4. The van der Waals surface area contributed by atoms with E-state index >= 15 is 0 Å². The summed E-state index contributed by atoms with van der Waals surface area (Å²) in [5.74, 6) is -1.10. The lowest BCUT2D eigenvalue weighted by molar-refractivity contribution is -0.137. The first-order chi connectivity index (χ1) is 14.6. The van der Waals surface area contributed by atoms with Gasteiger partial charge in [-0.05, 0) is 22.3 Å². The van der Waals surface area contributed by atoms with Gasteiger partial charge in [-0.2, -0.15) is 0 Å². The van der Waals surface area contributed by atoms with Crippen LogP contribution in [0.25, 0.3) is 11.1 Å². The van der Waals surface area contributed by atoms with Gasteiger partial charge in [-0.25, -0.2) is 9.78 Å². The quantitative estimate of drug-likeness (QED) is 0.590. The maximum atomic E-state index is 12.5. The number of carboxylic acid groups (broad SMARTS) is 1. The van der Waals surface area contributed by atoms with E-state index in [0.29, 0.717) is 10.1 Å². The highest BCUT2D eigenvalue weighted by Crippen LogP contribution is 2.44. The zero-order valence-corrected chi connectivity index (χ0v) is 17.0. The number of rotatable bonds is 7. The molecule has 1 aromatic heterocycles. The van der Waals surface area contributed by atoms with Gasteiger partial charge in [-0.15, -0.1) is 0 Å². The molecule has 0 radical (unpaired) electrons. The molecule has 1 amide bonds. The van der Waals surface area contributed by atoms with Crippen molar-refractivity contribution in [2.24, 2.45) is 0 Å². The van der Waals surface area contributed by atoms with Crippen LogP contribution in [0.3, 0.4) is 0 Å². The minimum atomic E-state index is -1.04. The first kappa shape index (κ1) is 19.9. The fraction of sp³-hybridized carbons (Fsp3) is 0.227. The fourth-order valence-electron chi connectivity index (χ4n) is 3.71. The molecule has 0 bridgehead atoms. The third-order valence-corrected chi connectivity index (χ3v) is 6.11. The van der Waals surface area contributed by atoms with Crippen LogP contribution in [0.2, 0.25) is 0 Å². The van der Waals surface area contributed by atoms with Crippen molar-refractivity contribution >= 4 is 23.4 Å². The number of methoxy groups -OCH3 is 1. The second kappa shape index (κ2) is 8.54. The van der Waals surface area contributed by atoms with E-state index in [0.717, 1.165) is 22.3 Å². The summed E-state index contributed by atoms with van der Waals surface area (Å²) in [5, 5.41) is 12.2. The highest BCUT2D eigenvalue weighted by Gasteiger charge is 2.29. The molecule has 0 fully saturated rings. The van der Waals surface area contributed by atoms with E-state index in [2.05, 4.69) is 22.4 Å². The highest BCUT2D eigenvalue weighted by atomic mass is 32.1. The molecule has 2 aromatic carbocycles. The standard InChI is InChI=1S/C22H20N2O5S/c1-28-22-23-11-19(30-22)18(10-20(25)26)24-21(27)29-12-17-15-8-4-2-6-13(15)14-7-3-5-9-16(14)17/h2-9,11,17-18H,10,12H2,1H3,(H,24,27)(H,25,26)/t18-/m0/s1. The number of aliphatic carboxylic acids is 1. The summed E-state index contributed by atoms with van der Waals surface area (Å²) in [5.41, 5.74) is 4.51. The lowest BCUT2D eigenvalue weighted by Crippen LogP contribution is -2.31. The van der Waals surface area contributed by atoms with Crippen molar-refractivity contribution in [3.8, 4) is 16.3 Å². The zero-order valence-electron chi connectivity index (χ0n) is 16.2. The first-order valence-electron chi connectivity index (χ1n) is 9.40. The molecule has 8 heteroatoms. The maximum absolute atomic E-state index is 12.5. The molecule has 154 valence electrons. The van der Waals surface area contributed by atoms with Gasteiger partial charge in [-0.3, -0.25) is 4.79 Å². The SMILES string of the molecule is COc1ncc([C@H](CC(=O)O)NC(=O)OCC2c3ccccc3-c3ccccc32)s1. The summed E-state index contributed by atoms with van der Waals surface area (Å²) in [4.78, 5) is 28.4. The molecule has 1 aliphatic carbocycles. The predicted octanol–water partition coefficient (Wildman–Crippen LogP) is 4.21. The number of ether oxygens (including phenoxy) is 2. The number of fused-ring (bicyclic) bond motifs is 3. The summed E-state index contributed by atoms with van der Waals surface area (Å²) in [6.45, 7) is 0.158. The molecule has 2 N–H and O–H groups in total. The van der Waals surface area contributed by atoms with Crippen molar-refractivity contribution < 1.29 is 24.2 Å². The molecule has 0 spiro atoms. The van der Waals surface area contributed by atoms with Gasteiger partial charge in [0.2, 0.25) is 0 Å². The Balaban J connectivity index is 1.47. The van der Waals surface area contributed by atoms with Gasteiger partial charge >= 0.3 is 12.1 Å². The number of benzene rings is 2. The number of carbonyl (C=O) groups excluding carboxylic acids is 1. The summed E-state index contributed by atoms with van der Waals surface area (Å²) in [7, 11) is 1.48. The number of thiazole rings is 1. The van der Waals surface area contributed by atoms with E-state index < -0.39 is 18.1 Å². The van der Waals surface area contributed by atoms with E-state index in [1.807, 2.05) is 36.4 Å². The predicted molar refractivity (Wildman–Crippen MR) is 112 cm³/mol. The van der Waals surface area contributed by atoms with Crippen molar-refractivity contribution in [2.75, 3.05) is 13.7 Å². The highest BCUT2D eigenvalue weighted by molar-refractivity contribution is 7.13. The number of aromatic nitrogens is 1. The maximum Gasteiger partial charge on any atom is 0.407 e. The minimum absolute atomic E-state index is 0.0652. The summed E-state index contributed by atoms with van der Waals surface area (Å²) < 4.78 is 10.6. The van der Waals surface area contributed by atoms with Crippen LogP contribution < -0.4 is 10.1 Å². The molecule has 4 rings (SSSR count). The molecular weight excluding hydrogens is 404 g/mol. The number of amides is 1. The normalized spacial score (nSPS) is 13.2. The molecule has 0 unspecified atom stereocenters. The lowest BCUT2D eigenvalue weighted by Gasteiger charge is -2.18. The van der Waals surface area contributed by atoms with Gasteiger partial charge in [0.1, 0.15) is 6.61 Å². The van der Waals surface area contributed by atoms with Gasteiger partial charge in [0, 0.05) is 12.1 Å². The number of nitrogens with zero attached hydrogens (tertiary/aromatic N) is 1. The number of hydrogen-bond donors (Lipinski definition) is 2. The first-order valence-corrected chi connectivity index (χ1v) is 10.2. The monoisotopic (exact) mass is 424 g/mol. The third kappa shape index (κ3) is 3.99. The Morgan fingerprint density at radius 2 is 1.77 bits per heavy atom. The van der Waals surface area contributed by atoms with Crippen LogP contribution in [0.1, 0.15) is 34.4 Å². The average Bonchev–Trinajstić information content (AvgIpc) is 3.35. The second-order valence-electron chi connectivity index (χ2n) is 6.85. The van der Waals surface area contributed by atoms with Crippen molar-refractivity contribution in [3.63, 3.8) is 0 Å². The number of hydrogen-bond acceptors (Lipinski definition) is 6. The largest absolute Gasteiger partial charge is 0.481 e. The van der Waals surface area contributed by atoms with Gasteiger partial charge in [0.25, 0.3) is 5.19 Å². The van der Waals surface area contributed by atoms with E-state index in [9.17, 15) is 14.7 Å². The van der Waals surface area contributed by atoms with Crippen LogP contribution in [-0.4, -0.2) is 35.9 Å². The Morgan fingerprint density at radius 3 is 2.33 bits per heavy atom. The van der Waals surface area contributed by atoms with Crippen LogP contribution >= 0.6 is 11.3 Å². The van der Waals surface area contributed by atoms with Crippen LogP contribution in [-0.2, 0) is 9.53 Å². The van der Waals surface area contributed by atoms with Crippen molar-refractivity contribution in [3.05, 3.63) is 70.7 Å². The molecule has 1 atom stereocenters. The topological polar surface area (TPSA) is 97.8 Å². The Hall–Kier alpha value is -3.39. The molecule has 0 aliphatic heterocycles. The second-order valence-corrected chi connectivity index (χ2v) is 7.88. The molecule has 7 nitrogen and oxygen atoms in total. The molecular formula is C22H20N2O5S. The van der Waals surface area contributed by atoms with Crippen molar-refractivity contribution in [1.29, 1.82) is 0 Å². The number of carboxylic acids is 1. The van der Waals surface area contributed by atoms with Gasteiger partial charge in [0.15, 0.2) is 0 Å². The van der Waals surface area contributed by atoms with Crippen LogP contribution in [0.15, 0.2) is 54.7 Å². The lowest BCUT2D eigenvalue weighted by atomic mass is 9.98. The van der Waals surface area contributed by atoms with Crippen LogP contribution in [0.5, 0.6) is 5.19 Å². The zero-order chi connectivity index (χ0) is 21.1. The molecule has 0 saturated carbocycles. The minimum Gasteiger partial charge on any atom is -0.481 e. The molecule has 1 heterocycles. The Bertz CT molecular complexity index is 1040. The Kier molecular flexibility index (Phi) is 5.67. The molecule has 3 aromatic rings. The van der Waals surface area contributed by atoms with E-state index in [-0.39, 0.29) is 18.9 Å². The third-order valence-electron chi connectivity index (χ3n) is 5.03. The fourth-order valence-corrected chi connectivity index (χ4v) is 4.49. The van der Waals surface area contributed by atoms with E-state index in [1.165, 1.54) is 24.6 Å². The number of alkyl carbamates (subject to hydrolysis) is 1. The Labute approximate surface area is 177 Å². The average molecular weight is 424 g/mol. The summed E-state index contributed by atoms with van der Waals surface area (Å²) >= 11 is 1.18. The van der Waals surface area contributed by atoms with Gasteiger partial charge in [0.05, 0.1) is 24.4 Å². The molecule has 30 heavy (non-hydrogen) atoms. The number of carbonyl (C=O) groups is 2.